The van der Waals surface area contributed by atoms with Gasteiger partial charge in [0.2, 0.25) is 0 Å². The molecule has 1 aromatic rings. The van der Waals surface area contributed by atoms with Crippen LogP contribution in [0.4, 0.5) is 0 Å². The highest BCUT2D eigenvalue weighted by Crippen LogP contribution is 2.26. The van der Waals surface area contributed by atoms with Crippen LogP contribution in [0.1, 0.15) is 22.0 Å². The van der Waals surface area contributed by atoms with Gasteiger partial charge >= 0.3 is 5.97 Å². The lowest BCUT2D eigenvalue weighted by atomic mass is 9.98. The van der Waals surface area contributed by atoms with Crippen molar-refractivity contribution in [3.8, 4) is 0 Å². The molecule has 2 atom stereocenters. The van der Waals surface area contributed by atoms with Gasteiger partial charge in [-0.1, -0.05) is 12.1 Å². The predicted molar refractivity (Wildman–Crippen MR) is 86.6 cm³/mol. The van der Waals surface area contributed by atoms with Gasteiger partial charge in [-0.15, -0.1) is 0 Å². The molecule has 0 aliphatic carbocycles. The molecule has 18 heavy (non-hydrogen) atoms. The van der Waals surface area contributed by atoms with Gasteiger partial charge in [-0.25, -0.2) is 4.79 Å². The molecule has 1 aromatic carbocycles. The van der Waals surface area contributed by atoms with Gasteiger partial charge in [0.15, 0.2) is 23.0 Å². The molecule has 6 heteroatoms. The Morgan fingerprint density at radius 1 is 1.50 bits per heavy atom. The first-order valence-corrected chi connectivity index (χ1v) is 8.25. The number of carbonyl (C=O) groups is 1. The lowest BCUT2D eigenvalue weighted by Crippen LogP contribution is -2.17. The molecule has 1 N–H and O–H groups in total. The average molecular weight is 398 g/mol. The summed E-state index contributed by atoms with van der Waals surface area (Å²) in [7, 11) is 0. The van der Waals surface area contributed by atoms with Crippen LogP contribution in [0, 0.1) is 5.92 Å². The van der Waals surface area contributed by atoms with Crippen LogP contribution >= 0.6 is 47.4 Å². The van der Waals surface area contributed by atoms with E-state index in [1.165, 1.54) is 0 Å². The first-order chi connectivity index (χ1) is 8.63. The Bertz CT molecular complexity index is 383. The molecule has 0 amide bonds. The zero-order valence-corrected chi connectivity index (χ0v) is 13.7. The minimum atomic E-state index is -0.556. The summed E-state index contributed by atoms with van der Waals surface area (Å²) in [5, 5.41) is 10.2. The maximum absolute atomic E-state index is 11.3. The molecule has 2 unspecified atom stereocenters. The number of thiol groups is 1. The van der Waals surface area contributed by atoms with Gasteiger partial charge < -0.3 is 8.17 Å². The molecule has 0 spiro atoms. The number of benzene rings is 1. The fourth-order valence-corrected chi connectivity index (χ4v) is 3.08. The number of hydrogen-bond donors (Lipinski definition) is 2. The van der Waals surface area contributed by atoms with Crippen LogP contribution < -0.4 is 0 Å². The molecule has 0 aliphatic rings. The number of halogens is 1. The van der Waals surface area contributed by atoms with E-state index in [2.05, 4.69) is 15.7 Å². The topological polar surface area (TPSA) is 46.5 Å². The maximum atomic E-state index is 11.3. The molecule has 0 aliphatic heterocycles. The molecule has 100 valence electrons. The zero-order chi connectivity index (χ0) is 13.5. The molecule has 3 nitrogen and oxygen atoms in total. The van der Waals surface area contributed by atoms with E-state index in [4.69, 9.17) is 0 Å². The number of hydrogen-bond acceptors (Lipinski definition) is 5. The van der Waals surface area contributed by atoms with Gasteiger partial charge in [-0.05, 0) is 35.5 Å². The Labute approximate surface area is 131 Å². The first kappa shape index (κ1) is 16.1. The van der Waals surface area contributed by atoms with Crippen LogP contribution in [-0.2, 0) is 3.07 Å². The van der Waals surface area contributed by atoms with E-state index in [1.807, 2.05) is 6.26 Å². The van der Waals surface area contributed by atoms with Gasteiger partial charge in [0.1, 0.15) is 0 Å². The molecule has 0 saturated carbocycles. The van der Waals surface area contributed by atoms with Crippen molar-refractivity contribution in [2.24, 2.45) is 5.92 Å². The van der Waals surface area contributed by atoms with Crippen molar-refractivity contribution in [3.05, 3.63) is 35.4 Å². The SMILES string of the molecule is CSCC(CS)C(O)c1ccc(C(=O)OI)cc1. The Morgan fingerprint density at radius 2 is 2.11 bits per heavy atom. The summed E-state index contributed by atoms with van der Waals surface area (Å²) in [6.07, 6.45) is 1.45. The summed E-state index contributed by atoms with van der Waals surface area (Å²) >= 11 is 7.50. The fraction of sp³-hybridized carbons (Fsp3) is 0.417. The Kier molecular flexibility index (Phi) is 7.43. The van der Waals surface area contributed by atoms with Crippen LogP contribution in [-0.4, -0.2) is 28.8 Å². The summed E-state index contributed by atoms with van der Waals surface area (Å²) < 4.78 is 4.60. The second-order valence-electron chi connectivity index (χ2n) is 3.83. The highest BCUT2D eigenvalue weighted by molar-refractivity contribution is 14.1. The number of aliphatic hydroxyl groups is 1. The number of thioether (sulfide) groups is 1. The number of carbonyl (C=O) groups excluding carboxylic acids is 1. The summed E-state index contributed by atoms with van der Waals surface area (Å²) in [5.41, 5.74) is 1.28. The molecule has 0 heterocycles. The van der Waals surface area contributed by atoms with Crippen molar-refractivity contribution in [2.75, 3.05) is 17.8 Å². The van der Waals surface area contributed by atoms with Gasteiger partial charge in [0.05, 0.1) is 11.7 Å². The van der Waals surface area contributed by atoms with Crippen LogP contribution in [0.15, 0.2) is 24.3 Å². The van der Waals surface area contributed by atoms with E-state index in [1.54, 1.807) is 59.0 Å². The Hall–Kier alpha value is 0.0800. The van der Waals surface area contributed by atoms with Crippen molar-refractivity contribution in [2.45, 2.75) is 6.10 Å². The van der Waals surface area contributed by atoms with Crippen LogP contribution in [0.5, 0.6) is 0 Å². The van der Waals surface area contributed by atoms with Gasteiger partial charge in [-0.3, -0.25) is 0 Å². The van der Waals surface area contributed by atoms with Crippen molar-refractivity contribution >= 4 is 53.4 Å². The van der Waals surface area contributed by atoms with Gasteiger partial charge in [0.25, 0.3) is 0 Å². The smallest absolute Gasteiger partial charge is 0.347 e. The minimum absolute atomic E-state index is 0.103. The van der Waals surface area contributed by atoms with Crippen LogP contribution in [0.2, 0.25) is 0 Å². The highest BCUT2D eigenvalue weighted by Gasteiger charge is 2.19. The van der Waals surface area contributed by atoms with Crippen molar-refractivity contribution in [3.63, 3.8) is 0 Å². The Balaban J connectivity index is 2.80. The quantitative estimate of drug-likeness (QED) is 0.571. The third-order valence-corrected chi connectivity index (χ3v) is 4.25. The van der Waals surface area contributed by atoms with Crippen molar-refractivity contribution < 1.29 is 13.0 Å². The fourth-order valence-electron chi connectivity index (χ4n) is 1.59. The second kappa shape index (κ2) is 8.29. The van der Waals surface area contributed by atoms with Crippen LogP contribution in [0.25, 0.3) is 0 Å². The number of aliphatic hydroxyl groups excluding tert-OH is 1. The lowest BCUT2D eigenvalue weighted by Gasteiger charge is -2.20. The van der Waals surface area contributed by atoms with E-state index < -0.39 is 6.10 Å². The van der Waals surface area contributed by atoms with E-state index in [0.717, 1.165) is 11.3 Å². The molecule has 0 aromatic heterocycles. The molecular weight excluding hydrogens is 383 g/mol. The summed E-state index contributed by atoms with van der Waals surface area (Å²) in [4.78, 5) is 11.3. The van der Waals surface area contributed by atoms with E-state index >= 15 is 0 Å². The molecule has 0 saturated heterocycles. The third-order valence-electron chi connectivity index (χ3n) is 2.62. The second-order valence-corrected chi connectivity index (χ2v) is 5.55. The van der Waals surface area contributed by atoms with E-state index in [9.17, 15) is 9.90 Å². The van der Waals surface area contributed by atoms with Crippen molar-refractivity contribution in [1.29, 1.82) is 0 Å². The van der Waals surface area contributed by atoms with Gasteiger partial charge in [0, 0.05) is 5.92 Å². The molecule has 0 bridgehead atoms. The summed E-state index contributed by atoms with van der Waals surface area (Å²) in [6.45, 7) is 0. The van der Waals surface area contributed by atoms with Gasteiger partial charge in [-0.2, -0.15) is 24.4 Å². The number of rotatable bonds is 6. The predicted octanol–water partition coefficient (Wildman–Crippen LogP) is 3.14. The molecule has 1 rings (SSSR count). The molecule has 0 radical (unpaired) electrons. The van der Waals surface area contributed by atoms with Crippen molar-refractivity contribution in [1.82, 2.24) is 0 Å². The first-order valence-electron chi connectivity index (χ1n) is 5.34. The zero-order valence-electron chi connectivity index (χ0n) is 9.88. The van der Waals surface area contributed by atoms with E-state index in [0.29, 0.717) is 11.3 Å². The average Bonchev–Trinajstić information content (AvgIpc) is 2.43. The molecule has 0 fully saturated rings. The largest absolute Gasteiger partial charge is 0.391 e. The summed E-state index contributed by atoms with van der Waals surface area (Å²) in [5.74, 6) is 1.19. The monoisotopic (exact) mass is 398 g/mol. The normalized spacial score (nSPS) is 14.0. The minimum Gasteiger partial charge on any atom is -0.391 e. The maximum Gasteiger partial charge on any atom is 0.347 e. The van der Waals surface area contributed by atoms with Crippen LogP contribution in [0.3, 0.4) is 0 Å². The molecular formula is C12H15IO3S2. The summed E-state index contributed by atoms with van der Waals surface area (Å²) in [6, 6.07) is 6.83. The highest BCUT2D eigenvalue weighted by atomic mass is 127. The Morgan fingerprint density at radius 3 is 2.56 bits per heavy atom. The standard InChI is InChI=1S/C12H15IO3S2/c1-18-7-10(6-17)11(14)8-2-4-9(5-3-8)12(15)16-13/h2-5,10-11,14,17H,6-7H2,1H3. The van der Waals surface area contributed by atoms with E-state index in [-0.39, 0.29) is 11.9 Å². The third kappa shape index (κ3) is 4.32. The lowest BCUT2D eigenvalue weighted by molar-refractivity contribution is 0.0800.